The highest BCUT2D eigenvalue weighted by atomic mass is 35.5. The van der Waals surface area contributed by atoms with E-state index >= 15 is 0 Å². The maximum atomic E-state index is 13.5. The van der Waals surface area contributed by atoms with Gasteiger partial charge >= 0.3 is 0 Å². The van der Waals surface area contributed by atoms with Gasteiger partial charge in [0.15, 0.2) is 0 Å². The molecule has 4 aliphatic rings. The Balaban J connectivity index is 1.38. The fourth-order valence-corrected chi connectivity index (χ4v) is 9.64. The van der Waals surface area contributed by atoms with Crippen molar-refractivity contribution in [1.29, 1.82) is 0 Å². The molecule has 0 spiro atoms. The molecular weight excluding hydrogens is 650 g/mol. The lowest BCUT2D eigenvalue weighted by atomic mass is 9.62. The first-order valence-electron chi connectivity index (χ1n) is 17.8. The third-order valence-corrected chi connectivity index (χ3v) is 13.7. The van der Waals surface area contributed by atoms with Crippen LogP contribution in [-0.4, -0.2) is 80.6 Å². The summed E-state index contributed by atoms with van der Waals surface area (Å²) in [5.74, 6) is 0.197. The molecule has 0 radical (unpaired) electrons. The average Bonchev–Trinajstić information content (AvgIpc) is 3.06. The average molecular weight is 702 g/mol. The van der Waals surface area contributed by atoms with E-state index in [0.29, 0.717) is 56.4 Å². The van der Waals surface area contributed by atoms with E-state index in [1.165, 1.54) is 5.56 Å². The summed E-state index contributed by atoms with van der Waals surface area (Å²) >= 11 is 6.37. The van der Waals surface area contributed by atoms with Crippen LogP contribution >= 0.6 is 11.6 Å². The number of nitrogens with zero attached hydrogens (tertiary/aromatic N) is 2. The minimum absolute atomic E-state index is 0.109. The Kier molecular flexibility index (Phi) is 11.0. The van der Waals surface area contributed by atoms with Crippen LogP contribution in [0.3, 0.4) is 0 Å². The zero-order valence-corrected chi connectivity index (χ0v) is 30.2. The Morgan fingerprint density at radius 2 is 1.85 bits per heavy atom. The van der Waals surface area contributed by atoms with Gasteiger partial charge < -0.3 is 19.5 Å². The van der Waals surface area contributed by atoms with Crippen LogP contribution in [0.1, 0.15) is 87.2 Å². The minimum atomic E-state index is -3.94. The van der Waals surface area contributed by atoms with Crippen molar-refractivity contribution in [2.24, 2.45) is 17.8 Å². The highest BCUT2D eigenvalue weighted by Crippen LogP contribution is 2.47. The van der Waals surface area contributed by atoms with Crippen molar-refractivity contribution in [3.05, 3.63) is 58.1 Å². The molecule has 0 unspecified atom stereocenters. The number of rotatable bonds is 2. The van der Waals surface area contributed by atoms with Crippen molar-refractivity contribution in [3.8, 4) is 5.75 Å². The molecule has 1 saturated heterocycles. The van der Waals surface area contributed by atoms with Gasteiger partial charge in [0.2, 0.25) is 10.0 Å². The van der Waals surface area contributed by atoms with Gasteiger partial charge in [-0.25, -0.2) is 13.1 Å². The number of morpholine rings is 1. The molecule has 1 aliphatic carbocycles. The number of aliphatic hydroxyl groups is 1. The highest BCUT2D eigenvalue weighted by Gasteiger charge is 2.48. The van der Waals surface area contributed by atoms with Gasteiger partial charge in [-0.1, -0.05) is 31.0 Å². The summed E-state index contributed by atoms with van der Waals surface area (Å²) in [6.07, 6.45) is 6.69. The molecule has 6 atom stereocenters. The van der Waals surface area contributed by atoms with Crippen LogP contribution in [0.4, 0.5) is 5.69 Å². The van der Waals surface area contributed by atoms with Crippen molar-refractivity contribution >= 4 is 33.2 Å². The molecule has 6 rings (SSSR count). The molecule has 2 aromatic carbocycles. The molecule has 264 valence electrons. The summed E-state index contributed by atoms with van der Waals surface area (Å²) in [6.45, 7) is 10.3. The lowest BCUT2D eigenvalue weighted by molar-refractivity contribution is -0.123. The van der Waals surface area contributed by atoms with E-state index < -0.39 is 26.8 Å². The molecule has 2 aromatic rings. The van der Waals surface area contributed by atoms with E-state index in [9.17, 15) is 18.3 Å². The number of fused-ring (bicyclic) bond motifs is 3. The van der Waals surface area contributed by atoms with Gasteiger partial charge in [0.25, 0.3) is 5.91 Å². The van der Waals surface area contributed by atoms with Gasteiger partial charge in [0, 0.05) is 42.8 Å². The van der Waals surface area contributed by atoms with E-state index in [1.807, 2.05) is 25.1 Å². The molecule has 0 aromatic heterocycles. The van der Waals surface area contributed by atoms with Crippen LogP contribution < -0.4 is 14.4 Å². The number of amides is 1. The van der Waals surface area contributed by atoms with Crippen LogP contribution in [0, 0.1) is 17.8 Å². The maximum Gasteiger partial charge on any atom is 0.264 e. The summed E-state index contributed by atoms with van der Waals surface area (Å²) in [4.78, 5) is 18.2. The van der Waals surface area contributed by atoms with E-state index in [4.69, 9.17) is 21.1 Å². The van der Waals surface area contributed by atoms with E-state index in [2.05, 4.69) is 21.4 Å². The van der Waals surface area contributed by atoms with Gasteiger partial charge in [-0.3, -0.25) is 9.69 Å². The smallest absolute Gasteiger partial charge is 0.264 e. The number of nitrogens with one attached hydrogen (secondary N) is 1. The summed E-state index contributed by atoms with van der Waals surface area (Å²) < 4.78 is 41.5. The Labute approximate surface area is 291 Å². The number of ether oxygens (including phenoxy) is 2. The van der Waals surface area contributed by atoms with Crippen molar-refractivity contribution < 1.29 is 27.8 Å². The van der Waals surface area contributed by atoms with Gasteiger partial charge in [-0.2, -0.15) is 0 Å². The number of carbonyl (C=O) groups is 1. The third-order valence-electron chi connectivity index (χ3n) is 11.6. The third kappa shape index (κ3) is 7.83. The van der Waals surface area contributed by atoms with Gasteiger partial charge in [0.05, 0.1) is 29.8 Å². The Bertz CT molecular complexity index is 1570. The fraction of sp³-hybridized carbons (Fsp3) is 0.649. The number of β-amino-alcohol motifs (C(OH)–C–C–N with tert-alkyl or cyclic N) is 1. The Morgan fingerprint density at radius 1 is 1.02 bits per heavy atom. The molecule has 3 aliphatic heterocycles. The molecule has 48 heavy (non-hydrogen) atoms. The minimum Gasteiger partial charge on any atom is -0.487 e. The molecule has 2 N–H and O–H groups in total. The van der Waals surface area contributed by atoms with Crippen LogP contribution in [0.15, 0.2) is 36.4 Å². The van der Waals surface area contributed by atoms with E-state index in [1.54, 1.807) is 25.1 Å². The quantitative estimate of drug-likeness (QED) is 0.404. The van der Waals surface area contributed by atoms with Gasteiger partial charge in [0.1, 0.15) is 12.4 Å². The monoisotopic (exact) mass is 701 g/mol. The van der Waals surface area contributed by atoms with Crippen LogP contribution in [0.5, 0.6) is 5.75 Å². The van der Waals surface area contributed by atoms with Gasteiger partial charge in [-0.05, 0) is 118 Å². The first kappa shape index (κ1) is 35.5. The molecule has 2 bridgehead atoms. The van der Waals surface area contributed by atoms with E-state index in [0.717, 1.165) is 63.0 Å². The fourth-order valence-electron chi connectivity index (χ4n) is 8.14. The first-order valence-corrected chi connectivity index (χ1v) is 19.7. The van der Waals surface area contributed by atoms with Crippen molar-refractivity contribution in [3.63, 3.8) is 0 Å². The molecule has 2 fully saturated rings. The van der Waals surface area contributed by atoms with Crippen LogP contribution in [0.25, 0.3) is 0 Å². The SMILES string of the molecule is C[C@@H]1[C@@H](C)CCC[C@](O)(CN2CCOC[C@@H]2C)[C@@H]2CC[C@H]2CN2CCCCc3cc(Cl)ccc3COc3ccc(cc32)C(=O)NS1(=O)=O. The second kappa shape index (κ2) is 14.9. The number of hydrogen-bond donors (Lipinski definition) is 2. The number of aryl methyl sites for hydroxylation is 1. The molecule has 1 amide bonds. The van der Waals surface area contributed by atoms with Crippen molar-refractivity contribution in [2.75, 3.05) is 44.3 Å². The van der Waals surface area contributed by atoms with E-state index in [-0.39, 0.29) is 29.4 Å². The summed E-state index contributed by atoms with van der Waals surface area (Å²) in [7, 11) is -3.94. The lowest BCUT2D eigenvalue weighted by Gasteiger charge is -2.51. The molecular formula is C37H52ClN3O6S. The van der Waals surface area contributed by atoms with Crippen molar-refractivity contribution in [2.45, 2.75) is 95.6 Å². The second-order valence-corrected chi connectivity index (χ2v) is 17.3. The number of anilines is 1. The van der Waals surface area contributed by atoms with Crippen molar-refractivity contribution in [1.82, 2.24) is 9.62 Å². The zero-order chi connectivity index (χ0) is 34.1. The molecule has 1 saturated carbocycles. The molecule has 3 heterocycles. The predicted molar refractivity (Wildman–Crippen MR) is 189 cm³/mol. The molecule has 11 heteroatoms. The zero-order valence-electron chi connectivity index (χ0n) is 28.6. The summed E-state index contributed by atoms with van der Waals surface area (Å²) in [5, 5.41) is 12.6. The summed E-state index contributed by atoms with van der Waals surface area (Å²) in [5.41, 5.74) is 2.41. The first-order chi connectivity index (χ1) is 22.9. The summed E-state index contributed by atoms with van der Waals surface area (Å²) in [6, 6.07) is 11.4. The lowest BCUT2D eigenvalue weighted by Crippen LogP contribution is -2.59. The topological polar surface area (TPSA) is 108 Å². The Morgan fingerprint density at radius 3 is 2.62 bits per heavy atom. The number of sulfonamides is 1. The van der Waals surface area contributed by atoms with Gasteiger partial charge in [-0.15, -0.1) is 0 Å². The number of benzene rings is 2. The largest absolute Gasteiger partial charge is 0.487 e. The number of halogens is 1. The number of hydrogen-bond acceptors (Lipinski definition) is 8. The highest BCUT2D eigenvalue weighted by molar-refractivity contribution is 7.90. The standard InChI is InChI=1S/C37H52ClN3O6S/c1-25-7-6-15-37(43,24-41-17-18-46-22-26(41)2)33-13-10-30(33)21-40-16-5-4-8-28-19-32(38)12-9-31(28)23-47-35-14-11-29(20-34(35)40)36(42)39-48(44,45)27(25)3/h9,11-12,14,19-20,25-27,30,33,43H,4-8,10,13,15-18,21-24H2,1-3H3,(H,39,42)/t25-,26-,27+,30-,33+,37-/m0/s1. The van der Waals surface area contributed by atoms with Crippen LogP contribution in [0.2, 0.25) is 5.02 Å². The number of carbonyl (C=O) groups excluding carboxylic acids is 1. The Hall–Kier alpha value is -2.37. The second-order valence-electron chi connectivity index (χ2n) is 14.8. The van der Waals surface area contributed by atoms with Crippen LogP contribution in [-0.2, 0) is 27.8 Å². The molecule has 9 nitrogen and oxygen atoms in total. The maximum absolute atomic E-state index is 13.5. The normalized spacial score (nSPS) is 32.0. The predicted octanol–water partition coefficient (Wildman–Crippen LogP) is 5.81.